The number of carbonyl (C=O) groups excluding carboxylic acids is 1. The fourth-order valence-electron chi connectivity index (χ4n) is 4.51. The van der Waals surface area contributed by atoms with E-state index >= 15 is 0 Å². The minimum absolute atomic E-state index is 0.119. The molecule has 6 heteroatoms. The van der Waals surface area contributed by atoms with E-state index in [0.29, 0.717) is 36.0 Å². The van der Waals surface area contributed by atoms with Crippen molar-refractivity contribution >= 4 is 5.78 Å². The van der Waals surface area contributed by atoms with Crippen molar-refractivity contribution in [2.45, 2.75) is 50.9 Å². The lowest BCUT2D eigenvalue weighted by molar-refractivity contribution is 0.0967. The molecule has 0 aliphatic heterocycles. The predicted molar refractivity (Wildman–Crippen MR) is 104 cm³/mol. The molecule has 6 nitrogen and oxygen atoms in total. The van der Waals surface area contributed by atoms with E-state index in [-0.39, 0.29) is 17.3 Å². The molecule has 0 bridgehead atoms. The number of fused-ring (bicyclic) bond motifs is 2. The molecule has 1 aromatic carbocycles. The minimum atomic E-state index is -0.181. The molecule has 0 fully saturated rings. The summed E-state index contributed by atoms with van der Waals surface area (Å²) in [5.41, 5.74) is 4.10. The van der Waals surface area contributed by atoms with Crippen molar-refractivity contribution in [3.05, 3.63) is 69.0 Å². The number of rotatable bonds is 2. The van der Waals surface area contributed by atoms with E-state index in [2.05, 4.69) is 22.0 Å². The van der Waals surface area contributed by atoms with Crippen LogP contribution in [0.3, 0.4) is 0 Å². The summed E-state index contributed by atoms with van der Waals surface area (Å²) in [5.74, 6) is 1.16. The van der Waals surface area contributed by atoms with Gasteiger partial charge in [-0.05, 0) is 48.8 Å². The van der Waals surface area contributed by atoms with Crippen molar-refractivity contribution in [1.29, 1.82) is 0 Å². The Morgan fingerprint density at radius 2 is 1.96 bits per heavy atom. The predicted octanol–water partition coefficient (Wildman–Crippen LogP) is 3.97. The average Bonchev–Trinajstić information content (AvgIpc) is 3.18. The van der Waals surface area contributed by atoms with Crippen molar-refractivity contribution in [2.75, 3.05) is 0 Å². The van der Waals surface area contributed by atoms with Crippen molar-refractivity contribution in [1.82, 2.24) is 15.1 Å². The summed E-state index contributed by atoms with van der Waals surface area (Å²) >= 11 is 0. The first-order valence-corrected chi connectivity index (χ1v) is 9.84. The second kappa shape index (κ2) is 6.55. The van der Waals surface area contributed by atoms with Gasteiger partial charge in [0.15, 0.2) is 5.78 Å². The van der Waals surface area contributed by atoms with Gasteiger partial charge in [-0.1, -0.05) is 36.3 Å². The van der Waals surface area contributed by atoms with Crippen LogP contribution in [0.15, 0.2) is 39.6 Å². The topological polar surface area (TPSA) is 88.8 Å². The lowest BCUT2D eigenvalue weighted by Crippen LogP contribution is -2.19. The van der Waals surface area contributed by atoms with Gasteiger partial charge in [-0.2, -0.15) is 4.98 Å². The second-order valence-corrected chi connectivity index (χ2v) is 7.80. The number of nitrogens with zero attached hydrogens (tertiary/aromatic N) is 2. The van der Waals surface area contributed by atoms with Gasteiger partial charge in [-0.3, -0.25) is 9.59 Å². The number of carbonyl (C=O) groups is 1. The Balaban J connectivity index is 1.54. The standard InChI is InChI=1S/C22H21N3O3/c1-12-5-4-6-13-11-17(21(27)23-19(12)13)20-24-22(28-25-20)16-9-10-18(26)15-8-3-2-7-14(15)16/h2-3,7-8,11-12,16H,4-6,9-10H2,1H3,(H,23,27). The molecular weight excluding hydrogens is 354 g/mol. The van der Waals surface area contributed by atoms with Gasteiger partial charge in [0, 0.05) is 17.7 Å². The highest BCUT2D eigenvalue weighted by Crippen LogP contribution is 2.36. The average molecular weight is 375 g/mol. The van der Waals surface area contributed by atoms with Gasteiger partial charge in [0.25, 0.3) is 5.56 Å². The molecule has 0 saturated heterocycles. The van der Waals surface area contributed by atoms with Crippen LogP contribution in [0.25, 0.3) is 11.4 Å². The Hall–Kier alpha value is -3.02. The fourth-order valence-corrected chi connectivity index (χ4v) is 4.51. The van der Waals surface area contributed by atoms with Gasteiger partial charge in [0.05, 0.1) is 11.5 Å². The highest BCUT2D eigenvalue weighted by atomic mass is 16.5. The molecule has 2 aliphatic carbocycles. The summed E-state index contributed by atoms with van der Waals surface area (Å²) in [4.78, 5) is 32.4. The van der Waals surface area contributed by atoms with Crippen LogP contribution in [0.1, 0.15) is 77.5 Å². The van der Waals surface area contributed by atoms with E-state index in [1.807, 2.05) is 30.3 Å². The lowest BCUT2D eigenvalue weighted by atomic mass is 9.82. The van der Waals surface area contributed by atoms with Crippen molar-refractivity contribution in [2.24, 2.45) is 0 Å². The van der Waals surface area contributed by atoms with Gasteiger partial charge in [-0.15, -0.1) is 0 Å². The minimum Gasteiger partial charge on any atom is -0.338 e. The molecule has 0 radical (unpaired) electrons. The first-order valence-electron chi connectivity index (χ1n) is 9.84. The Morgan fingerprint density at radius 1 is 1.11 bits per heavy atom. The number of H-pyrrole nitrogens is 1. The van der Waals surface area contributed by atoms with Gasteiger partial charge in [0.1, 0.15) is 0 Å². The van der Waals surface area contributed by atoms with Crippen LogP contribution in [0.2, 0.25) is 0 Å². The van der Waals surface area contributed by atoms with E-state index in [4.69, 9.17) is 4.52 Å². The summed E-state index contributed by atoms with van der Waals surface area (Å²) in [6.45, 7) is 2.14. The molecule has 2 atom stereocenters. The third-order valence-corrected chi connectivity index (χ3v) is 6.01. The third-order valence-electron chi connectivity index (χ3n) is 6.01. The number of benzene rings is 1. The van der Waals surface area contributed by atoms with E-state index in [9.17, 15) is 9.59 Å². The second-order valence-electron chi connectivity index (χ2n) is 7.80. The molecule has 5 rings (SSSR count). The van der Waals surface area contributed by atoms with Crippen LogP contribution in [-0.4, -0.2) is 20.9 Å². The normalized spacial score (nSPS) is 21.2. The maximum atomic E-state index is 12.6. The van der Waals surface area contributed by atoms with Gasteiger partial charge in [0.2, 0.25) is 11.7 Å². The Labute approximate surface area is 162 Å². The summed E-state index contributed by atoms with van der Waals surface area (Å²) in [5, 5.41) is 4.09. The number of Topliss-reactive ketones (excluding diaryl/α,β-unsaturated/α-hetero) is 1. The third kappa shape index (κ3) is 2.71. The van der Waals surface area contributed by atoms with Gasteiger partial charge < -0.3 is 9.51 Å². The van der Waals surface area contributed by atoms with E-state index in [1.165, 1.54) is 0 Å². The van der Waals surface area contributed by atoms with Crippen LogP contribution in [0.4, 0.5) is 0 Å². The molecule has 2 unspecified atom stereocenters. The Morgan fingerprint density at radius 3 is 2.86 bits per heavy atom. The quantitative estimate of drug-likeness (QED) is 0.732. The van der Waals surface area contributed by atoms with Crippen LogP contribution >= 0.6 is 0 Å². The van der Waals surface area contributed by atoms with Crippen molar-refractivity contribution in [3.8, 4) is 11.4 Å². The molecule has 2 aromatic heterocycles. The summed E-state index contributed by atoms with van der Waals surface area (Å²) in [6, 6.07) is 9.48. The summed E-state index contributed by atoms with van der Waals surface area (Å²) in [6.07, 6.45) is 4.25. The maximum absolute atomic E-state index is 12.6. The molecule has 0 amide bonds. The van der Waals surface area contributed by atoms with Crippen molar-refractivity contribution in [3.63, 3.8) is 0 Å². The number of hydrogen-bond acceptors (Lipinski definition) is 5. The highest BCUT2D eigenvalue weighted by molar-refractivity contribution is 5.98. The number of aromatic nitrogens is 3. The Bertz CT molecular complexity index is 1130. The molecule has 28 heavy (non-hydrogen) atoms. The maximum Gasteiger partial charge on any atom is 0.259 e. The van der Waals surface area contributed by atoms with Gasteiger partial charge >= 0.3 is 0 Å². The number of pyridine rings is 1. The zero-order valence-electron chi connectivity index (χ0n) is 15.7. The highest BCUT2D eigenvalue weighted by Gasteiger charge is 2.31. The van der Waals surface area contributed by atoms with Gasteiger partial charge in [-0.25, -0.2) is 0 Å². The van der Waals surface area contributed by atoms with E-state index in [1.54, 1.807) is 0 Å². The Kier molecular flexibility index (Phi) is 4.00. The number of aryl methyl sites for hydroxylation is 1. The largest absolute Gasteiger partial charge is 0.338 e. The first-order chi connectivity index (χ1) is 13.6. The summed E-state index contributed by atoms with van der Waals surface area (Å²) < 4.78 is 5.55. The van der Waals surface area contributed by atoms with Crippen LogP contribution in [0, 0.1) is 0 Å². The van der Waals surface area contributed by atoms with Crippen LogP contribution < -0.4 is 5.56 Å². The fraction of sp³-hybridized carbons (Fsp3) is 0.364. The van der Waals surface area contributed by atoms with E-state index < -0.39 is 0 Å². The zero-order valence-corrected chi connectivity index (χ0v) is 15.7. The molecule has 1 N–H and O–H groups in total. The van der Waals surface area contributed by atoms with Crippen LogP contribution in [0.5, 0.6) is 0 Å². The number of hydrogen-bond donors (Lipinski definition) is 1. The lowest BCUT2D eigenvalue weighted by Gasteiger charge is -2.22. The zero-order chi connectivity index (χ0) is 19.3. The molecule has 3 aromatic rings. The molecular formula is C22H21N3O3. The SMILES string of the molecule is CC1CCCc2cc(-c3noc(C4CCC(=O)c5ccccc54)n3)c(=O)[nH]c21. The monoisotopic (exact) mass is 375 g/mol. The molecule has 2 heterocycles. The molecule has 0 spiro atoms. The molecule has 142 valence electrons. The number of ketones is 1. The molecule has 2 aliphatic rings. The van der Waals surface area contributed by atoms with Crippen molar-refractivity contribution < 1.29 is 9.32 Å². The summed E-state index contributed by atoms with van der Waals surface area (Å²) in [7, 11) is 0. The first kappa shape index (κ1) is 17.1. The van der Waals surface area contributed by atoms with E-state index in [0.717, 1.165) is 41.6 Å². The smallest absolute Gasteiger partial charge is 0.259 e. The molecule has 0 saturated carbocycles. The van der Waals surface area contributed by atoms with Crippen LogP contribution in [-0.2, 0) is 6.42 Å². The number of aromatic amines is 1. The number of nitrogens with one attached hydrogen (secondary N) is 1.